The van der Waals surface area contributed by atoms with Crippen molar-refractivity contribution in [2.75, 3.05) is 38.3 Å². The minimum absolute atomic E-state index is 0.644. The van der Waals surface area contributed by atoms with E-state index in [1.54, 1.807) is 6.20 Å². The Labute approximate surface area is 157 Å². The van der Waals surface area contributed by atoms with Crippen molar-refractivity contribution in [1.82, 2.24) is 25.0 Å². The molecule has 0 bridgehead atoms. The van der Waals surface area contributed by atoms with Gasteiger partial charge in [0.15, 0.2) is 5.76 Å². The van der Waals surface area contributed by atoms with Gasteiger partial charge < -0.3 is 14.2 Å². The maximum Gasteiger partial charge on any atom is 0.225 e. The molecule has 3 aromatic heterocycles. The molecule has 0 amide bonds. The lowest BCUT2D eigenvalue weighted by molar-refractivity contribution is 0.122. The molecule has 0 spiro atoms. The molecule has 3 aromatic rings. The van der Waals surface area contributed by atoms with Gasteiger partial charge in [0.05, 0.1) is 25.5 Å². The highest BCUT2D eigenvalue weighted by Crippen LogP contribution is 2.18. The van der Waals surface area contributed by atoms with Gasteiger partial charge in [-0.15, -0.1) is 0 Å². The quantitative estimate of drug-likeness (QED) is 0.655. The molecule has 140 valence electrons. The highest BCUT2D eigenvalue weighted by molar-refractivity contribution is 5.52. The van der Waals surface area contributed by atoms with E-state index in [4.69, 9.17) is 9.26 Å². The molecular formula is C19H22N6O2. The van der Waals surface area contributed by atoms with E-state index in [1.165, 1.54) is 0 Å². The van der Waals surface area contributed by atoms with Crippen LogP contribution in [0.4, 0.5) is 5.95 Å². The summed E-state index contributed by atoms with van der Waals surface area (Å²) in [6.45, 7) is 4.50. The van der Waals surface area contributed by atoms with Crippen LogP contribution in [0.3, 0.4) is 0 Å². The predicted octanol–water partition coefficient (Wildman–Crippen LogP) is 2.00. The fraction of sp³-hybridized carbons (Fsp3) is 0.368. The van der Waals surface area contributed by atoms with Gasteiger partial charge in [-0.1, -0.05) is 11.2 Å². The SMILES string of the molecule is CN(Cc1cnc(N2CCOCC2)nc1)Cc1cc(-c2ccccn2)no1. The Hall–Kier alpha value is -2.84. The van der Waals surface area contributed by atoms with Crippen LogP contribution < -0.4 is 4.90 Å². The van der Waals surface area contributed by atoms with E-state index in [0.717, 1.165) is 61.5 Å². The maximum absolute atomic E-state index is 5.44. The molecule has 8 nitrogen and oxygen atoms in total. The van der Waals surface area contributed by atoms with Gasteiger partial charge in [-0.25, -0.2) is 9.97 Å². The smallest absolute Gasteiger partial charge is 0.225 e. The topological polar surface area (TPSA) is 80.4 Å². The Morgan fingerprint density at radius 2 is 1.85 bits per heavy atom. The standard InChI is InChI=1S/C19H22N6O2/c1-24(14-16-10-18(23-27-16)17-4-2-3-5-20-17)13-15-11-21-19(22-12-15)25-6-8-26-9-7-25/h2-5,10-12H,6-9,13-14H2,1H3. The lowest BCUT2D eigenvalue weighted by Gasteiger charge is -2.26. The van der Waals surface area contributed by atoms with Gasteiger partial charge in [-0.2, -0.15) is 0 Å². The van der Waals surface area contributed by atoms with Crippen LogP contribution in [-0.4, -0.2) is 58.4 Å². The molecule has 27 heavy (non-hydrogen) atoms. The summed E-state index contributed by atoms with van der Waals surface area (Å²) < 4.78 is 10.8. The van der Waals surface area contributed by atoms with Crippen molar-refractivity contribution < 1.29 is 9.26 Å². The summed E-state index contributed by atoms with van der Waals surface area (Å²) >= 11 is 0. The summed E-state index contributed by atoms with van der Waals surface area (Å²) in [5.74, 6) is 1.56. The van der Waals surface area contributed by atoms with Crippen LogP contribution >= 0.6 is 0 Å². The molecule has 0 atom stereocenters. The van der Waals surface area contributed by atoms with Crippen LogP contribution in [0, 0.1) is 0 Å². The molecule has 4 rings (SSSR count). The zero-order chi connectivity index (χ0) is 18.5. The summed E-state index contributed by atoms with van der Waals surface area (Å²) in [4.78, 5) is 17.6. The maximum atomic E-state index is 5.44. The Bertz CT molecular complexity index is 846. The lowest BCUT2D eigenvalue weighted by atomic mass is 10.2. The van der Waals surface area contributed by atoms with Crippen LogP contribution in [-0.2, 0) is 17.8 Å². The van der Waals surface area contributed by atoms with E-state index in [-0.39, 0.29) is 0 Å². The number of aromatic nitrogens is 4. The van der Waals surface area contributed by atoms with Gasteiger partial charge in [0.2, 0.25) is 5.95 Å². The zero-order valence-electron chi connectivity index (χ0n) is 15.3. The number of pyridine rings is 1. The summed E-state index contributed by atoms with van der Waals surface area (Å²) in [7, 11) is 2.03. The van der Waals surface area contributed by atoms with Crippen LogP contribution in [0.25, 0.3) is 11.4 Å². The van der Waals surface area contributed by atoms with Gasteiger partial charge in [0.25, 0.3) is 0 Å². The molecule has 0 aliphatic carbocycles. The number of ether oxygens (including phenoxy) is 1. The van der Waals surface area contributed by atoms with E-state index in [2.05, 4.69) is 29.9 Å². The summed E-state index contributed by atoms with van der Waals surface area (Å²) in [6.07, 6.45) is 5.51. The molecule has 1 saturated heterocycles. The number of rotatable bonds is 6. The average Bonchev–Trinajstić information content (AvgIpc) is 3.18. The first-order chi connectivity index (χ1) is 13.3. The number of nitrogens with zero attached hydrogens (tertiary/aromatic N) is 6. The Kier molecular flexibility index (Phi) is 5.36. The highest BCUT2D eigenvalue weighted by atomic mass is 16.5. The molecule has 8 heteroatoms. The van der Waals surface area contributed by atoms with Crippen molar-refractivity contribution in [1.29, 1.82) is 0 Å². The monoisotopic (exact) mass is 366 g/mol. The molecule has 0 radical (unpaired) electrons. The van der Waals surface area contributed by atoms with Gasteiger partial charge in [-0.3, -0.25) is 9.88 Å². The second-order valence-electron chi connectivity index (χ2n) is 6.56. The van der Waals surface area contributed by atoms with E-state index in [0.29, 0.717) is 6.54 Å². The third-order valence-corrected chi connectivity index (χ3v) is 4.35. The fourth-order valence-electron chi connectivity index (χ4n) is 3.01. The molecule has 0 saturated carbocycles. The van der Waals surface area contributed by atoms with Crippen molar-refractivity contribution in [3.63, 3.8) is 0 Å². The number of morpholine rings is 1. The first-order valence-corrected chi connectivity index (χ1v) is 8.97. The van der Waals surface area contributed by atoms with Crippen molar-refractivity contribution in [2.24, 2.45) is 0 Å². The Morgan fingerprint density at radius 1 is 1.04 bits per heavy atom. The van der Waals surface area contributed by atoms with Gasteiger partial charge in [0.1, 0.15) is 5.69 Å². The number of hydrogen-bond donors (Lipinski definition) is 0. The molecule has 0 N–H and O–H groups in total. The van der Waals surface area contributed by atoms with Crippen LogP contribution in [0.5, 0.6) is 0 Å². The van der Waals surface area contributed by atoms with E-state index < -0.39 is 0 Å². The second-order valence-corrected chi connectivity index (χ2v) is 6.56. The molecule has 1 aliphatic rings. The number of hydrogen-bond acceptors (Lipinski definition) is 8. The second kappa shape index (κ2) is 8.24. The van der Waals surface area contributed by atoms with Crippen molar-refractivity contribution in [2.45, 2.75) is 13.1 Å². The van der Waals surface area contributed by atoms with Crippen molar-refractivity contribution >= 4 is 5.95 Å². The van der Waals surface area contributed by atoms with Crippen LogP contribution in [0.1, 0.15) is 11.3 Å². The van der Waals surface area contributed by atoms with Gasteiger partial charge >= 0.3 is 0 Å². The molecule has 0 unspecified atom stereocenters. The minimum atomic E-state index is 0.644. The minimum Gasteiger partial charge on any atom is -0.378 e. The summed E-state index contributed by atoms with van der Waals surface area (Å²) in [5.41, 5.74) is 2.61. The third kappa shape index (κ3) is 4.47. The number of anilines is 1. The molecule has 1 fully saturated rings. The third-order valence-electron chi connectivity index (χ3n) is 4.35. The lowest BCUT2D eigenvalue weighted by Crippen LogP contribution is -2.37. The van der Waals surface area contributed by atoms with E-state index >= 15 is 0 Å². The first kappa shape index (κ1) is 17.6. The first-order valence-electron chi connectivity index (χ1n) is 8.97. The van der Waals surface area contributed by atoms with Gasteiger partial charge in [-0.05, 0) is 19.2 Å². The highest BCUT2D eigenvalue weighted by Gasteiger charge is 2.14. The van der Waals surface area contributed by atoms with Crippen LogP contribution in [0.2, 0.25) is 0 Å². The summed E-state index contributed by atoms with van der Waals surface area (Å²) in [6, 6.07) is 7.66. The fourth-order valence-corrected chi connectivity index (χ4v) is 3.01. The molecule has 1 aliphatic heterocycles. The normalized spacial score (nSPS) is 14.7. The Morgan fingerprint density at radius 3 is 2.59 bits per heavy atom. The molecular weight excluding hydrogens is 344 g/mol. The summed E-state index contributed by atoms with van der Waals surface area (Å²) in [5, 5.41) is 4.11. The average molecular weight is 366 g/mol. The Balaban J connectivity index is 1.34. The molecule has 0 aromatic carbocycles. The van der Waals surface area contributed by atoms with Crippen molar-refractivity contribution in [3.05, 3.63) is 54.2 Å². The van der Waals surface area contributed by atoms with E-state index in [1.807, 2.05) is 43.7 Å². The predicted molar refractivity (Wildman–Crippen MR) is 100.0 cm³/mol. The van der Waals surface area contributed by atoms with Crippen molar-refractivity contribution in [3.8, 4) is 11.4 Å². The zero-order valence-corrected chi connectivity index (χ0v) is 15.3. The van der Waals surface area contributed by atoms with E-state index in [9.17, 15) is 0 Å². The largest absolute Gasteiger partial charge is 0.378 e. The van der Waals surface area contributed by atoms with Gasteiger partial charge in [0, 0.05) is 49.9 Å². The van der Waals surface area contributed by atoms with Crippen LogP contribution in [0.15, 0.2) is 47.4 Å². The molecule has 4 heterocycles.